The van der Waals surface area contributed by atoms with Crippen molar-refractivity contribution >= 4 is 23.4 Å². The van der Waals surface area contributed by atoms with Gasteiger partial charge in [-0.25, -0.2) is 4.79 Å². The van der Waals surface area contributed by atoms with Gasteiger partial charge in [0.15, 0.2) is 0 Å². The molecular formula is C13H9NO5S. The van der Waals surface area contributed by atoms with E-state index < -0.39 is 10.9 Å². The summed E-state index contributed by atoms with van der Waals surface area (Å²) in [5, 5.41) is 28.9. The molecule has 0 radical (unpaired) electrons. The van der Waals surface area contributed by atoms with Gasteiger partial charge in [-0.2, -0.15) is 0 Å². The second-order valence-electron chi connectivity index (χ2n) is 3.84. The SMILES string of the molecule is O=C(O)c1ccc(Sc2ccc([N+](=O)[O-])cc2)cc1O. The smallest absolute Gasteiger partial charge is 0.339 e. The zero-order chi connectivity index (χ0) is 14.7. The zero-order valence-electron chi connectivity index (χ0n) is 10.0. The van der Waals surface area contributed by atoms with Crippen molar-refractivity contribution in [2.24, 2.45) is 0 Å². The van der Waals surface area contributed by atoms with E-state index in [9.17, 15) is 20.0 Å². The average molecular weight is 291 g/mol. The van der Waals surface area contributed by atoms with Gasteiger partial charge in [-0.3, -0.25) is 10.1 Å². The Bertz CT molecular complexity index is 669. The van der Waals surface area contributed by atoms with Crippen LogP contribution >= 0.6 is 11.8 Å². The summed E-state index contributed by atoms with van der Waals surface area (Å²) in [4.78, 5) is 22.2. The molecule has 0 aliphatic heterocycles. The number of hydrogen-bond acceptors (Lipinski definition) is 5. The maximum absolute atomic E-state index is 10.8. The second-order valence-corrected chi connectivity index (χ2v) is 4.98. The van der Waals surface area contributed by atoms with Gasteiger partial charge in [-0.15, -0.1) is 0 Å². The third kappa shape index (κ3) is 3.07. The number of nitro groups is 1. The monoisotopic (exact) mass is 291 g/mol. The fourth-order valence-electron chi connectivity index (χ4n) is 1.53. The number of nitro benzene ring substituents is 1. The number of benzene rings is 2. The van der Waals surface area contributed by atoms with E-state index in [0.29, 0.717) is 4.90 Å². The molecule has 0 aliphatic rings. The standard InChI is InChI=1S/C13H9NO5S/c15-12-7-10(5-6-11(12)13(16)17)20-9-3-1-8(2-4-9)14(18)19/h1-7,15H,(H,16,17). The Morgan fingerprint density at radius 2 is 1.70 bits per heavy atom. The second kappa shape index (κ2) is 5.62. The normalized spacial score (nSPS) is 10.2. The van der Waals surface area contributed by atoms with Crippen LogP contribution in [-0.4, -0.2) is 21.1 Å². The molecule has 2 aromatic carbocycles. The van der Waals surface area contributed by atoms with Gasteiger partial charge in [0.1, 0.15) is 11.3 Å². The highest BCUT2D eigenvalue weighted by atomic mass is 32.2. The van der Waals surface area contributed by atoms with Crippen LogP contribution in [0.15, 0.2) is 52.3 Å². The predicted molar refractivity (Wildman–Crippen MR) is 72.3 cm³/mol. The number of rotatable bonds is 4. The van der Waals surface area contributed by atoms with Gasteiger partial charge in [-0.1, -0.05) is 11.8 Å². The minimum absolute atomic E-state index is 0.00146. The molecule has 0 bridgehead atoms. The molecule has 2 N–H and O–H groups in total. The molecule has 0 atom stereocenters. The van der Waals surface area contributed by atoms with Gasteiger partial charge in [0.05, 0.1) is 4.92 Å². The minimum Gasteiger partial charge on any atom is -0.507 e. The summed E-state index contributed by atoms with van der Waals surface area (Å²) in [6.07, 6.45) is 0. The molecule has 0 saturated carbocycles. The van der Waals surface area contributed by atoms with Gasteiger partial charge in [0, 0.05) is 21.9 Å². The summed E-state index contributed by atoms with van der Waals surface area (Å²) >= 11 is 1.27. The van der Waals surface area contributed by atoms with Crippen LogP contribution in [0.25, 0.3) is 0 Å². The first-order chi connectivity index (χ1) is 9.47. The summed E-state index contributed by atoms with van der Waals surface area (Å²) in [6, 6.07) is 10.2. The van der Waals surface area contributed by atoms with Crippen molar-refractivity contribution < 1.29 is 19.9 Å². The number of phenols is 1. The summed E-state index contributed by atoms with van der Waals surface area (Å²) in [7, 11) is 0. The highest BCUT2D eigenvalue weighted by molar-refractivity contribution is 7.99. The lowest BCUT2D eigenvalue weighted by atomic mass is 10.2. The highest BCUT2D eigenvalue weighted by Gasteiger charge is 2.10. The number of non-ortho nitro benzene ring substituents is 1. The van der Waals surface area contributed by atoms with Crippen LogP contribution in [0.1, 0.15) is 10.4 Å². The van der Waals surface area contributed by atoms with Crippen LogP contribution in [-0.2, 0) is 0 Å². The number of carbonyl (C=O) groups is 1. The molecule has 2 rings (SSSR count). The van der Waals surface area contributed by atoms with Gasteiger partial charge >= 0.3 is 5.97 Å². The van der Waals surface area contributed by atoms with Crippen LogP contribution in [0, 0.1) is 10.1 Å². The molecular weight excluding hydrogens is 282 g/mol. The van der Waals surface area contributed by atoms with E-state index in [1.807, 2.05) is 0 Å². The summed E-state index contributed by atoms with van der Waals surface area (Å²) < 4.78 is 0. The van der Waals surface area contributed by atoms with Gasteiger partial charge in [0.2, 0.25) is 0 Å². The number of carboxylic acids is 1. The summed E-state index contributed by atoms with van der Waals surface area (Å²) in [6.45, 7) is 0. The van der Waals surface area contributed by atoms with E-state index in [0.717, 1.165) is 4.90 Å². The molecule has 7 heteroatoms. The zero-order valence-corrected chi connectivity index (χ0v) is 10.8. The Labute approximate surface area is 117 Å². The molecule has 2 aromatic rings. The first-order valence-corrected chi connectivity index (χ1v) is 6.27. The number of hydrogen-bond donors (Lipinski definition) is 2. The Morgan fingerprint density at radius 1 is 1.10 bits per heavy atom. The van der Waals surface area contributed by atoms with Crippen molar-refractivity contribution in [2.45, 2.75) is 9.79 Å². The van der Waals surface area contributed by atoms with Crippen LogP contribution < -0.4 is 0 Å². The van der Waals surface area contributed by atoms with Crippen molar-refractivity contribution in [3.63, 3.8) is 0 Å². The molecule has 0 aliphatic carbocycles. The quantitative estimate of drug-likeness (QED) is 0.663. The molecule has 0 heterocycles. The van der Waals surface area contributed by atoms with Crippen molar-refractivity contribution in [2.75, 3.05) is 0 Å². The first kappa shape index (κ1) is 13.9. The van der Waals surface area contributed by atoms with Crippen LogP contribution in [0.5, 0.6) is 5.75 Å². The topological polar surface area (TPSA) is 101 Å². The maximum atomic E-state index is 10.8. The largest absolute Gasteiger partial charge is 0.507 e. The Balaban J connectivity index is 2.19. The Hall–Kier alpha value is -2.54. The van der Waals surface area contributed by atoms with Crippen molar-refractivity contribution in [1.82, 2.24) is 0 Å². The number of aromatic carboxylic acids is 1. The minimum atomic E-state index is -1.20. The van der Waals surface area contributed by atoms with Crippen LogP contribution in [0.2, 0.25) is 0 Å². The van der Waals surface area contributed by atoms with Crippen LogP contribution in [0.3, 0.4) is 0 Å². The molecule has 0 spiro atoms. The average Bonchev–Trinajstić information content (AvgIpc) is 2.39. The number of nitrogens with zero attached hydrogens (tertiary/aromatic N) is 1. The lowest BCUT2D eigenvalue weighted by molar-refractivity contribution is -0.384. The first-order valence-electron chi connectivity index (χ1n) is 5.46. The third-order valence-corrected chi connectivity index (χ3v) is 3.48. The molecule has 102 valence electrons. The highest BCUT2D eigenvalue weighted by Crippen LogP contribution is 2.32. The van der Waals surface area contributed by atoms with E-state index in [4.69, 9.17) is 5.11 Å². The molecule has 6 nitrogen and oxygen atoms in total. The van der Waals surface area contributed by atoms with Crippen molar-refractivity contribution in [1.29, 1.82) is 0 Å². The molecule has 0 saturated heterocycles. The molecule has 0 unspecified atom stereocenters. The number of carboxylic acid groups (broad SMARTS) is 1. The van der Waals surface area contributed by atoms with Gasteiger partial charge < -0.3 is 10.2 Å². The van der Waals surface area contributed by atoms with Crippen molar-refractivity contribution in [3.8, 4) is 5.75 Å². The van der Waals surface area contributed by atoms with Gasteiger partial charge in [-0.05, 0) is 30.3 Å². The van der Waals surface area contributed by atoms with E-state index in [-0.39, 0.29) is 17.0 Å². The van der Waals surface area contributed by atoms with E-state index in [1.165, 1.54) is 36.0 Å². The Kier molecular flexibility index (Phi) is 3.90. The summed E-state index contributed by atoms with van der Waals surface area (Å²) in [5.41, 5.74) is -0.170. The van der Waals surface area contributed by atoms with E-state index >= 15 is 0 Å². The predicted octanol–water partition coefficient (Wildman–Crippen LogP) is 3.15. The fourth-order valence-corrected chi connectivity index (χ4v) is 2.38. The molecule has 0 aromatic heterocycles. The van der Waals surface area contributed by atoms with Crippen LogP contribution in [0.4, 0.5) is 5.69 Å². The Morgan fingerprint density at radius 3 is 2.20 bits per heavy atom. The number of aromatic hydroxyl groups is 1. The molecule has 0 fully saturated rings. The van der Waals surface area contributed by atoms with E-state index in [2.05, 4.69) is 0 Å². The lowest BCUT2D eigenvalue weighted by Gasteiger charge is -2.04. The lowest BCUT2D eigenvalue weighted by Crippen LogP contribution is -1.96. The third-order valence-electron chi connectivity index (χ3n) is 2.48. The van der Waals surface area contributed by atoms with Crippen molar-refractivity contribution in [3.05, 3.63) is 58.1 Å². The van der Waals surface area contributed by atoms with E-state index in [1.54, 1.807) is 18.2 Å². The van der Waals surface area contributed by atoms with Gasteiger partial charge in [0.25, 0.3) is 5.69 Å². The maximum Gasteiger partial charge on any atom is 0.339 e. The molecule has 20 heavy (non-hydrogen) atoms. The fraction of sp³-hybridized carbons (Fsp3) is 0. The summed E-state index contributed by atoms with van der Waals surface area (Å²) in [5.74, 6) is -1.52. The molecule has 0 amide bonds.